The van der Waals surface area contributed by atoms with Gasteiger partial charge in [0.15, 0.2) is 0 Å². The maximum absolute atomic E-state index is 11.1. The van der Waals surface area contributed by atoms with Crippen LogP contribution in [0.5, 0.6) is 0 Å². The van der Waals surface area contributed by atoms with Crippen LogP contribution in [0.4, 0.5) is 11.5 Å². The summed E-state index contributed by atoms with van der Waals surface area (Å²) in [5.41, 5.74) is 3.02. The molecule has 31 heavy (non-hydrogen) atoms. The van der Waals surface area contributed by atoms with Crippen molar-refractivity contribution in [2.45, 2.75) is 53.0 Å². The van der Waals surface area contributed by atoms with E-state index in [0.29, 0.717) is 11.5 Å². The minimum atomic E-state index is -0.0726. The molecule has 1 amide bonds. The highest BCUT2D eigenvalue weighted by Gasteiger charge is 2.40. The van der Waals surface area contributed by atoms with E-state index in [1.54, 1.807) is 0 Å². The number of amides is 1. The molecule has 4 rings (SSSR count). The molecular formula is C25H35N5O. The minimum Gasteiger partial charge on any atom is -0.366 e. The molecule has 6 nitrogen and oxygen atoms in total. The third-order valence-electron chi connectivity index (χ3n) is 6.51. The normalized spacial score (nSPS) is 23.5. The van der Waals surface area contributed by atoms with Crippen LogP contribution in [0.1, 0.15) is 47.0 Å². The van der Waals surface area contributed by atoms with E-state index in [4.69, 9.17) is 0 Å². The van der Waals surface area contributed by atoms with E-state index in [9.17, 15) is 4.79 Å². The first-order valence-electron chi connectivity index (χ1n) is 11.4. The average molecular weight is 422 g/mol. The molecule has 0 bridgehead atoms. The maximum Gasteiger partial charge on any atom is 0.221 e. The molecule has 1 saturated heterocycles. The molecule has 6 heteroatoms. The molecule has 1 aromatic carbocycles. The Labute approximate surface area is 185 Å². The zero-order valence-electron chi connectivity index (χ0n) is 19.2. The van der Waals surface area contributed by atoms with Gasteiger partial charge in [0.05, 0.1) is 18.1 Å². The van der Waals surface area contributed by atoms with Crippen LogP contribution in [0.3, 0.4) is 0 Å². The van der Waals surface area contributed by atoms with Gasteiger partial charge in [-0.2, -0.15) is 0 Å². The molecule has 2 aliphatic rings. The Hall–Kier alpha value is -2.47. The number of benzene rings is 1. The van der Waals surface area contributed by atoms with E-state index < -0.39 is 0 Å². The number of aromatic nitrogens is 2. The Morgan fingerprint density at radius 2 is 1.74 bits per heavy atom. The lowest BCUT2D eigenvalue weighted by atomic mass is 9.92. The van der Waals surface area contributed by atoms with Crippen LogP contribution in [0.15, 0.2) is 36.7 Å². The second-order valence-electron chi connectivity index (χ2n) is 10.4. The van der Waals surface area contributed by atoms with Crippen LogP contribution in [0, 0.1) is 17.3 Å². The Bertz CT molecular complexity index is 874. The molecule has 0 spiro atoms. The Kier molecular flexibility index (Phi) is 6.28. The lowest BCUT2D eigenvalue weighted by molar-refractivity contribution is -0.114. The molecule has 2 heterocycles. The second kappa shape index (κ2) is 8.95. The van der Waals surface area contributed by atoms with Crippen LogP contribution in [-0.2, 0) is 4.79 Å². The van der Waals surface area contributed by atoms with Crippen molar-refractivity contribution >= 4 is 17.4 Å². The SMILES string of the molecule is CC(=O)Nc1ccc(-c2cnc(NC3C[C@@H]4CN(CCC(C)(C)C)C[C@@H]4C3)cn2)cc1. The van der Waals surface area contributed by atoms with Crippen molar-refractivity contribution in [3.63, 3.8) is 0 Å². The zero-order valence-corrected chi connectivity index (χ0v) is 19.2. The third-order valence-corrected chi connectivity index (χ3v) is 6.51. The molecule has 1 unspecified atom stereocenters. The number of nitrogens with one attached hydrogen (secondary N) is 2. The number of fused-ring (bicyclic) bond motifs is 1. The fourth-order valence-electron chi connectivity index (χ4n) is 4.88. The van der Waals surface area contributed by atoms with E-state index in [-0.39, 0.29) is 5.91 Å². The van der Waals surface area contributed by atoms with Crippen LogP contribution in [-0.4, -0.2) is 46.5 Å². The molecule has 2 aromatic rings. The third kappa shape index (κ3) is 5.82. The molecule has 0 radical (unpaired) electrons. The largest absolute Gasteiger partial charge is 0.366 e. The highest BCUT2D eigenvalue weighted by atomic mass is 16.1. The fourth-order valence-corrected chi connectivity index (χ4v) is 4.88. The van der Waals surface area contributed by atoms with E-state index >= 15 is 0 Å². The minimum absolute atomic E-state index is 0.0726. The average Bonchev–Trinajstić information content (AvgIpc) is 3.25. The predicted molar refractivity (Wildman–Crippen MR) is 126 cm³/mol. The van der Waals surface area contributed by atoms with Gasteiger partial charge >= 0.3 is 0 Å². The summed E-state index contributed by atoms with van der Waals surface area (Å²) in [7, 11) is 0. The molecule has 1 aromatic heterocycles. The lowest BCUT2D eigenvalue weighted by Gasteiger charge is -2.24. The van der Waals surface area contributed by atoms with E-state index in [1.807, 2.05) is 36.7 Å². The van der Waals surface area contributed by atoms with E-state index in [0.717, 1.165) is 34.6 Å². The van der Waals surface area contributed by atoms with E-state index in [2.05, 4.69) is 46.3 Å². The summed E-state index contributed by atoms with van der Waals surface area (Å²) in [5.74, 6) is 2.41. The van der Waals surface area contributed by atoms with Crippen molar-refractivity contribution in [3.8, 4) is 11.3 Å². The van der Waals surface area contributed by atoms with Gasteiger partial charge in [0.25, 0.3) is 0 Å². The van der Waals surface area contributed by atoms with Gasteiger partial charge in [0.2, 0.25) is 5.91 Å². The maximum atomic E-state index is 11.1. The number of carbonyl (C=O) groups is 1. The standard InChI is InChI=1S/C25H35N5O/c1-17(31)28-21-7-5-18(6-8-21)23-13-27-24(14-26-23)29-22-11-19-15-30(16-20(19)12-22)10-9-25(2,3)4/h5-8,13-14,19-20,22H,9-12,15-16H2,1-4H3,(H,27,29)(H,28,31)/t19-,20+,22?. The van der Waals surface area contributed by atoms with Crippen molar-refractivity contribution in [2.24, 2.45) is 17.3 Å². The molecule has 3 atom stereocenters. The van der Waals surface area contributed by atoms with Gasteiger partial charge in [-0.25, -0.2) is 4.98 Å². The zero-order chi connectivity index (χ0) is 22.0. The Morgan fingerprint density at radius 1 is 1.06 bits per heavy atom. The first-order valence-corrected chi connectivity index (χ1v) is 11.4. The van der Waals surface area contributed by atoms with Gasteiger partial charge in [-0.05, 0) is 55.2 Å². The number of hydrogen-bond acceptors (Lipinski definition) is 5. The number of rotatable bonds is 6. The first kappa shape index (κ1) is 21.8. The highest BCUT2D eigenvalue weighted by Crippen LogP contribution is 2.39. The fraction of sp³-hybridized carbons (Fsp3) is 0.560. The van der Waals surface area contributed by atoms with Crippen molar-refractivity contribution < 1.29 is 4.79 Å². The molecule has 1 saturated carbocycles. The van der Waals surface area contributed by atoms with Gasteiger partial charge in [-0.3, -0.25) is 9.78 Å². The molecule has 166 valence electrons. The number of anilines is 2. The Morgan fingerprint density at radius 3 is 2.29 bits per heavy atom. The summed E-state index contributed by atoms with van der Waals surface area (Å²) in [4.78, 5) is 23.0. The predicted octanol–water partition coefficient (Wildman–Crippen LogP) is 4.66. The van der Waals surface area contributed by atoms with Gasteiger partial charge in [0.1, 0.15) is 5.82 Å². The second-order valence-corrected chi connectivity index (χ2v) is 10.4. The summed E-state index contributed by atoms with van der Waals surface area (Å²) >= 11 is 0. The Balaban J connectivity index is 1.27. The van der Waals surface area contributed by atoms with Crippen LogP contribution in [0.2, 0.25) is 0 Å². The number of likely N-dealkylation sites (tertiary alicyclic amines) is 1. The van der Waals surface area contributed by atoms with E-state index in [1.165, 1.54) is 45.8 Å². The summed E-state index contributed by atoms with van der Waals surface area (Å²) in [5, 5.41) is 6.39. The summed E-state index contributed by atoms with van der Waals surface area (Å²) in [6, 6.07) is 8.16. The summed E-state index contributed by atoms with van der Waals surface area (Å²) in [6.07, 6.45) is 7.38. The highest BCUT2D eigenvalue weighted by molar-refractivity contribution is 5.88. The number of carbonyl (C=O) groups excluding carboxylic acids is 1. The van der Waals surface area contributed by atoms with Crippen molar-refractivity contribution in [1.82, 2.24) is 14.9 Å². The topological polar surface area (TPSA) is 70.2 Å². The van der Waals surface area contributed by atoms with Crippen molar-refractivity contribution in [2.75, 3.05) is 30.3 Å². The summed E-state index contributed by atoms with van der Waals surface area (Å²) in [6.45, 7) is 12.2. The van der Waals surface area contributed by atoms with Gasteiger partial charge in [0, 0.05) is 37.3 Å². The van der Waals surface area contributed by atoms with Crippen molar-refractivity contribution in [3.05, 3.63) is 36.7 Å². The summed E-state index contributed by atoms with van der Waals surface area (Å²) < 4.78 is 0. The first-order chi connectivity index (χ1) is 14.7. The van der Waals surface area contributed by atoms with Gasteiger partial charge in [-0.15, -0.1) is 0 Å². The van der Waals surface area contributed by atoms with Gasteiger partial charge in [-0.1, -0.05) is 32.9 Å². The molecular weight excluding hydrogens is 386 g/mol. The monoisotopic (exact) mass is 421 g/mol. The quantitative estimate of drug-likeness (QED) is 0.710. The van der Waals surface area contributed by atoms with Crippen LogP contribution < -0.4 is 10.6 Å². The van der Waals surface area contributed by atoms with Crippen molar-refractivity contribution in [1.29, 1.82) is 0 Å². The van der Waals surface area contributed by atoms with Gasteiger partial charge < -0.3 is 15.5 Å². The molecule has 1 aliphatic heterocycles. The lowest BCUT2D eigenvalue weighted by Crippen LogP contribution is -2.28. The van der Waals surface area contributed by atoms with Crippen LogP contribution in [0.25, 0.3) is 11.3 Å². The molecule has 1 aliphatic carbocycles. The smallest absolute Gasteiger partial charge is 0.221 e. The number of nitrogens with zero attached hydrogens (tertiary/aromatic N) is 3. The van der Waals surface area contributed by atoms with Crippen LogP contribution >= 0.6 is 0 Å². The molecule has 2 fully saturated rings. The molecule has 2 N–H and O–H groups in total. The number of hydrogen-bond donors (Lipinski definition) is 2.